The highest BCUT2D eigenvalue weighted by Gasteiger charge is 2.23. The highest BCUT2D eigenvalue weighted by molar-refractivity contribution is 6.01. The summed E-state index contributed by atoms with van der Waals surface area (Å²) in [6, 6.07) is 4.45. The molecule has 1 saturated carbocycles. The molecule has 0 radical (unpaired) electrons. The van der Waals surface area contributed by atoms with Crippen LogP contribution < -0.4 is 16.6 Å². The lowest BCUT2D eigenvalue weighted by atomic mass is 10.1. The third-order valence-corrected chi connectivity index (χ3v) is 3.32. The van der Waals surface area contributed by atoms with Crippen molar-refractivity contribution >= 4 is 17.3 Å². The molecule has 0 atom stereocenters. The number of carbonyl (C=O) groups excluding carboxylic acids is 1. The van der Waals surface area contributed by atoms with Crippen molar-refractivity contribution in [3.05, 3.63) is 33.9 Å². The summed E-state index contributed by atoms with van der Waals surface area (Å²) < 4.78 is 0. The second-order valence-corrected chi connectivity index (χ2v) is 4.56. The molecule has 0 aliphatic heterocycles. The predicted octanol–water partition coefficient (Wildman–Crippen LogP) is 1.55. The minimum atomic E-state index is -0.568. The maximum absolute atomic E-state index is 12.1. The topological polar surface area (TPSA) is 110 Å². The van der Waals surface area contributed by atoms with Gasteiger partial charge >= 0.3 is 0 Å². The van der Waals surface area contributed by atoms with Crippen molar-refractivity contribution in [3.8, 4) is 0 Å². The molecule has 7 nitrogen and oxygen atoms in total. The first-order chi connectivity index (χ1) is 9.13. The standard InChI is InChI=1S/C12H16N4O3/c13-15-11-9(6-3-7-10(11)16(18)19)12(17)14-8-4-1-2-5-8/h3,6-8,15H,1-2,4-5,13H2,(H,14,17). The number of benzene rings is 1. The monoisotopic (exact) mass is 264 g/mol. The van der Waals surface area contributed by atoms with Crippen molar-refractivity contribution in [1.29, 1.82) is 0 Å². The Morgan fingerprint density at radius 3 is 2.63 bits per heavy atom. The van der Waals surface area contributed by atoms with Gasteiger partial charge in [-0.1, -0.05) is 18.9 Å². The lowest BCUT2D eigenvalue weighted by Crippen LogP contribution is -2.33. The molecule has 7 heteroatoms. The van der Waals surface area contributed by atoms with Crippen molar-refractivity contribution in [1.82, 2.24) is 5.32 Å². The second kappa shape index (κ2) is 5.66. The zero-order chi connectivity index (χ0) is 13.8. The largest absolute Gasteiger partial charge is 0.349 e. The van der Waals surface area contributed by atoms with Gasteiger partial charge in [0.2, 0.25) is 0 Å². The minimum Gasteiger partial charge on any atom is -0.349 e. The fraction of sp³-hybridized carbons (Fsp3) is 0.417. The summed E-state index contributed by atoms with van der Waals surface area (Å²) in [7, 11) is 0. The van der Waals surface area contributed by atoms with E-state index in [4.69, 9.17) is 5.84 Å². The summed E-state index contributed by atoms with van der Waals surface area (Å²) in [5.74, 6) is 4.97. The van der Waals surface area contributed by atoms with Crippen LogP contribution in [0.2, 0.25) is 0 Å². The Kier molecular flexibility index (Phi) is 3.96. The molecule has 1 aliphatic rings. The number of hydrogen-bond donors (Lipinski definition) is 3. The summed E-state index contributed by atoms with van der Waals surface area (Å²) in [5.41, 5.74) is 2.28. The molecule has 2 rings (SSSR count). The molecule has 1 aliphatic carbocycles. The molecule has 4 N–H and O–H groups in total. The quantitative estimate of drug-likeness (QED) is 0.434. The molecular weight excluding hydrogens is 248 g/mol. The van der Waals surface area contributed by atoms with Gasteiger partial charge in [-0.05, 0) is 18.9 Å². The van der Waals surface area contributed by atoms with E-state index in [-0.39, 0.29) is 28.9 Å². The van der Waals surface area contributed by atoms with Crippen LogP contribution in [-0.4, -0.2) is 16.9 Å². The Morgan fingerprint density at radius 2 is 2.05 bits per heavy atom. The first kappa shape index (κ1) is 13.3. The van der Waals surface area contributed by atoms with E-state index >= 15 is 0 Å². The number of nitro groups is 1. The fourth-order valence-electron chi connectivity index (χ4n) is 2.37. The number of nitro benzene ring substituents is 1. The normalized spacial score (nSPS) is 15.2. The molecule has 1 aromatic rings. The highest BCUT2D eigenvalue weighted by Crippen LogP contribution is 2.28. The molecule has 1 fully saturated rings. The first-order valence-electron chi connectivity index (χ1n) is 6.18. The number of para-hydroxylation sites is 1. The summed E-state index contributed by atoms with van der Waals surface area (Å²) in [4.78, 5) is 22.4. The molecule has 0 aromatic heterocycles. The van der Waals surface area contributed by atoms with Gasteiger partial charge in [0.25, 0.3) is 11.6 Å². The van der Waals surface area contributed by atoms with E-state index in [9.17, 15) is 14.9 Å². The van der Waals surface area contributed by atoms with Crippen molar-refractivity contribution < 1.29 is 9.72 Å². The number of nitrogens with zero attached hydrogens (tertiary/aromatic N) is 1. The zero-order valence-electron chi connectivity index (χ0n) is 10.4. The molecule has 1 amide bonds. The van der Waals surface area contributed by atoms with Crippen molar-refractivity contribution in [2.45, 2.75) is 31.7 Å². The van der Waals surface area contributed by atoms with Gasteiger partial charge in [-0.2, -0.15) is 0 Å². The van der Waals surface area contributed by atoms with Gasteiger partial charge in [0.05, 0.1) is 10.5 Å². The van der Waals surface area contributed by atoms with Crippen LogP contribution in [0.4, 0.5) is 11.4 Å². The number of nitrogens with one attached hydrogen (secondary N) is 2. The molecular formula is C12H16N4O3. The summed E-state index contributed by atoms with van der Waals surface area (Å²) >= 11 is 0. The van der Waals surface area contributed by atoms with Crippen LogP contribution in [0, 0.1) is 10.1 Å². The number of hydrogen-bond acceptors (Lipinski definition) is 5. The third kappa shape index (κ3) is 2.82. The van der Waals surface area contributed by atoms with Gasteiger partial charge in [-0.15, -0.1) is 0 Å². The number of hydrazine groups is 1. The molecule has 102 valence electrons. The number of carbonyl (C=O) groups is 1. The minimum absolute atomic E-state index is 0.0444. The molecule has 0 spiro atoms. The Labute approximate surface area is 110 Å². The average molecular weight is 264 g/mol. The van der Waals surface area contributed by atoms with Crippen LogP contribution in [0.3, 0.4) is 0 Å². The van der Waals surface area contributed by atoms with Crippen LogP contribution in [-0.2, 0) is 0 Å². The Hall–Kier alpha value is -2.15. The summed E-state index contributed by atoms with van der Waals surface area (Å²) in [5, 5.41) is 13.8. The summed E-state index contributed by atoms with van der Waals surface area (Å²) in [6.45, 7) is 0. The number of rotatable bonds is 4. The van der Waals surface area contributed by atoms with Crippen molar-refractivity contribution in [2.75, 3.05) is 5.43 Å². The van der Waals surface area contributed by atoms with Gasteiger partial charge < -0.3 is 10.7 Å². The number of anilines is 1. The Morgan fingerprint density at radius 1 is 1.37 bits per heavy atom. The van der Waals surface area contributed by atoms with Crippen LogP contribution in [0.15, 0.2) is 18.2 Å². The lowest BCUT2D eigenvalue weighted by molar-refractivity contribution is -0.384. The smallest absolute Gasteiger partial charge is 0.294 e. The van der Waals surface area contributed by atoms with E-state index in [1.807, 2.05) is 0 Å². The third-order valence-electron chi connectivity index (χ3n) is 3.32. The van der Waals surface area contributed by atoms with Gasteiger partial charge in [0.1, 0.15) is 5.69 Å². The Balaban J connectivity index is 2.25. The van der Waals surface area contributed by atoms with Crippen molar-refractivity contribution in [3.63, 3.8) is 0 Å². The van der Waals surface area contributed by atoms with E-state index in [1.165, 1.54) is 18.2 Å². The van der Waals surface area contributed by atoms with Gasteiger partial charge in [-0.3, -0.25) is 20.8 Å². The van der Waals surface area contributed by atoms with E-state index < -0.39 is 4.92 Å². The zero-order valence-corrected chi connectivity index (χ0v) is 10.4. The van der Waals surface area contributed by atoms with Crippen LogP contribution in [0.1, 0.15) is 36.0 Å². The average Bonchev–Trinajstić information content (AvgIpc) is 2.90. The first-order valence-corrected chi connectivity index (χ1v) is 6.18. The molecule has 0 heterocycles. The van der Waals surface area contributed by atoms with Crippen LogP contribution in [0.5, 0.6) is 0 Å². The van der Waals surface area contributed by atoms with Crippen LogP contribution in [0.25, 0.3) is 0 Å². The molecule has 0 saturated heterocycles. The van der Waals surface area contributed by atoms with E-state index in [0.29, 0.717) is 0 Å². The van der Waals surface area contributed by atoms with Gasteiger partial charge in [-0.25, -0.2) is 0 Å². The number of nitrogens with two attached hydrogens (primary N) is 1. The Bertz CT molecular complexity index is 498. The van der Waals surface area contributed by atoms with Crippen molar-refractivity contribution in [2.24, 2.45) is 5.84 Å². The van der Waals surface area contributed by atoms with E-state index in [2.05, 4.69) is 10.7 Å². The summed E-state index contributed by atoms with van der Waals surface area (Å²) in [6.07, 6.45) is 4.10. The van der Waals surface area contributed by atoms with Crippen LogP contribution >= 0.6 is 0 Å². The SMILES string of the molecule is NNc1c(C(=O)NC2CCCC2)cccc1[N+](=O)[O-]. The number of nitrogen functional groups attached to an aromatic ring is 1. The predicted molar refractivity (Wildman–Crippen MR) is 70.6 cm³/mol. The van der Waals surface area contributed by atoms with Gasteiger partial charge in [0.15, 0.2) is 0 Å². The van der Waals surface area contributed by atoms with E-state index in [0.717, 1.165) is 25.7 Å². The number of amides is 1. The highest BCUT2D eigenvalue weighted by atomic mass is 16.6. The fourth-order valence-corrected chi connectivity index (χ4v) is 2.37. The maximum Gasteiger partial charge on any atom is 0.294 e. The molecule has 0 unspecified atom stereocenters. The lowest BCUT2D eigenvalue weighted by Gasteiger charge is -2.14. The van der Waals surface area contributed by atoms with Gasteiger partial charge in [0, 0.05) is 12.1 Å². The maximum atomic E-state index is 12.1. The van der Waals surface area contributed by atoms with E-state index in [1.54, 1.807) is 0 Å². The molecule has 19 heavy (non-hydrogen) atoms. The molecule has 0 bridgehead atoms. The molecule has 1 aromatic carbocycles. The second-order valence-electron chi connectivity index (χ2n) is 4.56.